The van der Waals surface area contributed by atoms with E-state index in [1.54, 1.807) is 0 Å². The van der Waals surface area contributed by atoms with E-state index < -0.39 is 17.6 Å². The molecule has 0 bridgehead atoms. The van der Waals surface area contributed by atoms with Crippen LogP contribution in [0.25, 0.3) is 0 Å². The summed E-state index contributed by atoms with van der Waals surface area (Å²) in [5.74, 6) is -0.780. The molecule has 2 aromatic rings. The third-order valence-corrected chi connectivity index (χ3v) is 3.99. The van der Waals surface area contributed by atoms with Crippen LogP contribution in [-0.2, 0) is 22.3 Å². The molecule has 0 aliphatic rings. The maximum absolute atomic E-state index is 12.7. The van der Waals surface area contributed by atoms with Crippen molar-refractivity contribution < 1.29 is 27.5 Å². The average molecular weight is 410 g/mol. The summed E-state index contributed by atoms with van der Waals surface area (Å²) in [7, 11) is 1.49. The Morgan fingerprint density at radius 3 is 2.66 bits per heavy atom. The van der Waals surface area contributed by atoms with Crippen molar-refractivity contribution in [3.63, 3.8) is 0 Å². The van der Waals surface area contributed by atoms with Gasteiger partial charge < -0.3 is 15.0 Å². The number of nitrogens with one attached hydrogen (secondary N) is 1. The Hall–Kier alpha value is -3.01. The van der Waals surface area contributed by atoms with Crippen molar-refractivity contribution in [2.24, 2.45) is 0 Å². The molecule has 0 spiro atoms. The highest BCUT2D eigenvalue weighted by Crippen LogP contribution is 2.29. The lowest BCUT2D eigenvalue weighted by molar-refractivity contribution is -0.137. The van der Waals surface area contributed by atoms with Crippen LogP contribution in [0.3, 0.4) is 0 Å². The standard InChI is InChI=1S/C19H21F3N4O3/c1-29-10-9-26(18(28)16-13-23-6-7-24-16)8-5-17(27)25-12-14-3-2-4-15(11-14)19(20,21)22/h2-4,6-7,11,13H,5,8-10,12H2,1H3,(H,25,27). The number of rotatable bonds is 9. The molecule has 0 saturated carbocycles. The van der Waals surface area contributed by atoms with E-state index in [9.17, 15) is 22.8 Å². The summed E-state index contributed by atoms with van der Waals surface area (Å²) in [5, 5.41) is 2.56. The molecule has 0 unspecified atom stereocenters. The minimum Gasteiger partial charge on any atom is -0.383 e. The third-order valence-electron chi connectivity index (χ3n) is 3.99. The number of amides is 2. The van der Waals surface area contributed by atoms with Crippen LogP contribution in [0.5, 0.6) is 0 Å². The van der Waals surface area contributed by atoms with Crippen LogP contribution in [0.4, 0.5) is 13.2 Å². The molecule has 1 aromatic carbocycles. The van der Waals surface area contributed by atoms with Crippen molar-refractivity contribution in [2.45, 2.75) is 19.1 Å². The molecular weight excluding hydrogens is 389 g/mol. The Morgan fingerprint density at radius 2 is 2.00 bits per heavy atom. The number of hydrogen-bond donors (Lipinski definition) is 1. The number of carbonyl (C=O) groups excluding carboxylic acids is 2. The second kappa shape index (κ2) is 10.5. The van der Waals surface area contributed by atoms with Gasteiger partial charge in [0.25, 0.3) is 5.91 Å². The molecule has 0 saturated heterocycles. The highest BCUT2D eigenvalue weighted by atomic mass is 19.4. The van der Waals surface area contributed by atoms with Gasteiger partial charge in [0.15, 0.2) is 0 Å². The van der Waals surface area contributed by atoms with Crippen LogP contribution < -0.4 is 5.32 Å². The number of nitrogens with zero attached hydrogens (tertiary/aromatic N) is 3. The molecule has 0 radical (unpaired) electrons. The van der Waals surface area contributed by atoms with Crippen LogP contribution in [0.2, 0.25) is 0 Å². The van der Waals surface area contributed by atoms with Crippen molar-refractivity contribution >= 4 is 11.8 Å². The highest BCUT2D eigenvalue weighted by Gasteiger charge is 2.30. The van der Waals surface area contributed by atoms with E-state index in [2.05, 4.69) is 15.3 Å². The Morgan fingerprint density at radius 1 is 1.21 bits per heavy atom. The first-order chi connectivity index (χ1) is 13.8. The maximum Gasteiger partial charge on any atom is 0.416 e. The van der Waals surface area contributed by atoms with E-state index in [1.807, 2.05) is 0 Å². The summed E-state index contributed by atoms with van der Waals surface area (Å²) in [4.78, 5) is 33.8. The van der Waals surface area contributed by atoms with Gasteiger partial charge in [-0.25, -0.2) is 4.98 Å². The zero-order valence-corrected chi connectivity index (χ0v) is 15.8. The Balaban J connectivity index is 1.90. The number of alkyl halides is 3. The van der Waals surface area contributed by atoms with E-state index in [1.165, 1.54) is 42.7 Å². The van der Waals surface area contributed by atoms with Crippen LogP contribution in [0.1, 0.15) is 28.0 Å². The minimum atomic E-state index is -4.44. The summed E-state index contributed by atoms with van der Waals surface area (Å²) in [6.07, 6.45) is -0.298. The number of carbonyl (C=O) groups is 2. The Labute approximate surface area is 165 Å². The van der Waals surface area contributed by atoms with Crippen LogP contribution in [-0.4, -0.2) is 53.5 Å². The second-order valence-corrected chi connectivity index (χ2v) is 6.10. The predicted molar refractivity (Wildman–Crippen MR) is 97.7 cm³/mol. The number of ether oxygens (including phenoxy) is 1. The molecule has 1 heterocycles. The van der Waals surface area contributed by atoms with E-state index in [0.29, 0.717) is 5.56 Å². The predicted octanol–water partition coefficient (Wildman–Crippen LogP) is 2.29. The first-order valence-corrected chi connectivity index (χ1v) is 8.78. The number of aromatic nitrogens is 2. The number of halogens is 3. The van der Waals surface area contributed by atoms with Crippen LogP contribution in [0.15, 0.2) is 42.9 Å². The van der Waals surface area contributed by atoms with Gasteiger partial charge in [-0.05, 0) is 17.7 Å². The van der Waals surface area contributed by atoms with Gasteiger partial charge in [-0.15, -0.1) is 0 Å². The van der Waals surface area contributed by atoms with Gasteiger partial charge in [0, 0.05) is 45.6 Å². The van der Waals surface area contributed by atoms with Gasteiger partial charge in [0.05, 0.1) is 18.4 Å². The van der Waals surface area contributed by atoms with Gasteiger partial charge in [0.1, 0.15) is 5.69 Å². The number of benzene rings is 1. The summed E-state index contributed by atoms with van der Waals surface area (Å²) in [6.45, 7) is 0.594. The molecule has 7 nitrogen and oxygen atoms in total. The molecule has 2 amide bonds. The number of methoxy groups -OCH3 is 1. The van der Waals surface area contributed by atoms with Crippen molar-refractivity contribution in [2.75, 3.05) is 26.8 Å². The second-order valence-electron chi connectivity index (χ2n) is 6.10. The zero-order chi connectivity index (χ0) is 21.3. The lowest BCUT2D eigenvalue weighted by Crippen LogP contribution is -2.37. The highest BCUT2D eigenvalue weighted by molar-refractivity contribution is 5.92. The topological polar surface area (TPSA) is 84.4 Å². The molecule has 10 heteroatoms. The molecule has 29 heavy (non-hydrogen) atoms. The number of hydrogen-bond acceptors (Lipinski definition) is 5. The smallest absolute Gasteiger partial charge is 0.383 e. The SMILES string of the molecule is COCCN(CCC(=O)NCc1cccc(C(F)(F)F)c1)C(=O)c1cnccn1. The van der Waals surface area contributed by atoms with Crippen LogP contribution in [0, 0.1) is 0 Å². The Bertz CT molecular complexity index is 816. The molecular formula is C19H21F3N4O3. The molecule has 0 aliphatic carbocycles. The molecule has 1 N–H and O–H groups in total. The molecule has 2 rings (SSSR count). The fourth-order valence-corrected chi connectivity index (χ4v) is 2.47. The average Bonchev–Trinajstić information content (AvgIpc) is 2.72. The normalized spacial score (nSPS) is 11.2. The van der Waals surface area contributed by atoms with Gasteiger partial charge >= 0.3 is 6.18 Å². The van der Waals surface area contributed by atoms with E-state index in [0.717, 1.165) is 12.1 Å². The lowest BCUT2D eigenvalue weighted by Gasteiger charge is -2.21. The summed E-state index contributed by atoms with van der Waals surface area (Å²) in [5.41, 5.74) is -0.294. The summed E-state index contributed by atoms with van der Waals surface area (Å²) < 4.78 is 43.2. The quantitative estimate of drug-likeness (QED) is 0.686. The first kappa shape index (κ1) is 22.3. The summed E-state index contributed by atoms with van der Waals surface area (Å²) >= 11 is 0. The molecule has 0 fully saturated rings. The van der Waals surface area contributed by atoms with E-state index in [-0.39, 0.29) is 44.3 Å². The largest absolute Gasteiger partial charge is 0.416 e. The molecule has 1 aromatic heterocycles. The third kappa shape index (κ3) is 7.15. The van der Waals surface area contributed by atoms with E-state index >= 15 is 0 Å². The zero-order valence-electron chi connectivity index (χ0n) is 15.8. The minimum absolute atomic E-state index is 0.0192. The molecule has 0 aliphatic heterocycles. The summed E-state index contributed by atoms with van der Waals surface area (Å²) in [6, 6.07) is 4.74. The maximum atomic E-state index is 12.7. The fraction of sp³-hybridized carbons (Fsp3) is 0.368. The monoisotopic (exact) mass is 410 g/mol. The fourth-order valence-electron chi connectivity index (χ4n) is 2.47. The van der Waals surface area contributed by atoms with Gasteiger partial charge in [-0.2, -0.15) is 13.2 Å². The van der Waals surface area contributed by atoms with E-state index in [4.69, 9.17) is 4.74 Å². The Kier molecular flexibility index (Phi) is 8.08. The van der Waals surface area contributed by atoms with Crippen molar-refractivity contribution in [1.82, 2.24) is 20.2 Å². The van der Waals surface area contributed by atoms with Crippen molar-refractivity contribution in [3.8, 4) is 0 Å². The van der Waals surface area contributed by atoms with Gasteiger partial charge in [-0.1, -0.05) is 12.1 Å². The van der Waals surface area contributed by atoms with Crippen molar-refractivity contribution in [1.29, 1.82) is 0 Å². The lowest BCUT2D eigenvalue weighted by atomic mass is 10.1. The first-order valence-electron chi connectivity index (χ1n) is 8.78. The molecule has 0 atom stereocenters. The van der Waals surface area contributed by atoms with Crippen LogP contribution >= 0.6 is 0 Å². The van der Waals surface area contributed by atoms with Crippen molar-refractivity contribution in [3.05, 3.63) is 59.7 Å². The van der Waals surface area contributed by atoms with Gasteiger partial charge in [0.2, 0.25) is 5.91 Å². The molecule has 156 valence electrons. The van der Waals surface area contributed by atoms with Gasteiger partial charge in [-0.3, -0.25) is 14.6 Å².